The number of nitrogens with two attached hydrogens (primary N) is 1. The number of hydrogen-bond acceptors (Lipinski definition) is 11. The smallest absolute Gasteiger partial charge is 0.265 e. The second-order valence-corrected chi connectivity index (χ2v) is 12.2. The van der Waals surface area contributed by atoms with Gasteiger partial charge in [-0.15, -0.1) is 0 Å². The first kappa shape index (κ1) is 34.4. The number of halogens is 2. The Morgan fingerprint density at radius 2 is 1.38 bits per heavy atom. The topological polar surface area (TPSA) is 196 Å². The molecule has 0 atom stereocenters. The minimum atomic E-state index is -0.342. The van der Waals surface area contributed by atoms with Crippen LogP contribution in [-0.4, -0.2) is 50.3 Å². The van der Waals surface area contributed by atoms with Crippen molar-refractivity contribution in [2.24, 2.45) is 5.73 Å². The van der Waals surface area contributed by atoms with Crippen LogP contribution in [0.4, 0.5) is 8.78 Å². The second-order valence-electron chi connectivity index (χ2n) is 11.1. The predicted molar refractivity (Wildman–Crippen MR) is 190 cm³/mol. The van der Waals surface area contributed by atoms with Crippen molar-refractivity contribution in [1.29, 1.82) is 5.41 Å². The maximum absolute atomic E-state index is 14.2. The van der Waals surface area contributed by atoms with E-state index in [0.717, 1.165) is 0 Å². The molecular weight excluding hydrogens is 705 g/mol. The number of aromatic nitrogens is 9. The fourth-order valence-electron chi connectivity index (χ4n) is 5.05. The molecule has 0 saturated heterocycles. The van der Waals surface area contributed by atoms with Crippen LogP contribution in [0.3, 0.4) is 0 Å². The summed E-state index contributed by atoms with van der Waals surface area (Å²) in [6, 6.07) is 21.6. The average Bonchev–Trinajstić information content (AvgIpc) is 4.00. The van der Waals surface area contributed by atoms with Gasteiger partial charge in [0.1, 0.15) is 57.8 Å². The fourth-order valence-corrected chi connectivity index (χ4v) is 5.78. The molecule has 0 saturated carbocycles. The van der Waals surface area contributed by atoms with E-state index >= 15 is 0 Å². The van der Waals surface area contributed by atoms with E-state index in [4.69, 9.17) is 20.0 Å². The highest BCUT2D eigenvalue weighted by Crippen LogP contribution is 2.26. The Kier molecular flexibility index (Phi) is 10.1. The van der Waals surface area contributed by atoms with Crippen molar-refractivity contribution < 1.29 is 17.6 Å². The molecule has 0 radical (unpaired) electrons. The third-order valence-corrected chi connectivity index (χ3v) is 8.52. The lowest BCUT2D eigenvalue weighted by atomic mass is 10.2. The Labute approximate surface area is 302 Å². The number of H-pyrrole nitrogens is 1. The average molecular weight is 732 g/mol. The summed E-state index contributed by atoms with van der Waals surface area (Å²) in [5.74, 6) is 0.104. The SMILES string of the molecule is N=C(N)c1cc(-c2ncco2)n(Cc2ccccc2F)n1.O=c1[nH]c(-c2cc(-c3ncco3)n(Cc3ccccc3F)n2)ncc1Sc1ccccn1. The van der Waals surface area contributed by atoms with Gasteiger partial charge in [-0.25, -0.2) is 28.7 Å². The van der Waals surface area contributed by atoms with E-state index in [1.807, 2.05) is 12.1 Å². The number of nitrogens with zero attached hydrogens (tertiary/aromatic N) is 8. The van der Waals surface area contributed by atoms with E-state index in [2.05, 4.69) is 35.1 Å². The molecule has 0 fully saturated rings. The first-order valence-corrected chi connectivity index (χ1v) is 16.6. The number of rotatable bonds is 10. The van der Waals surface area contributed by atoms with Crippen molar-refractivity contribution in [1.82, 2.24) is 44.5 Å². The van der Waals surface area contributed by atoms with E-state index in [0.29, 0.717) is 55.6 Å². The Hall–Kier alpha value is -7.01. The summed E-state index contributed by atoms with van der Waals surface area (Å²) in [5, 5.41) is 16.9. The maximum Gasteiger partial charge on any atom is 0.265 e. The van der Waals surface area contributed by atoms with Crippen molar-refractivity contribution >= 4 is 17.6 Å². The van der Waals surface area contributed by atoms with Gasteiger partial charge in [-0.1, -0.05) is 54.2 Å². The zero-order valence-electron chi connectivity index (χ0n) is 27.4. The molecule has 0 aliphatic carbocycles. The molecule has 53 heavy (non-hydrogen) atoms. The van der Waals surface area contributed by atoms with Gasteiger partial charge in [0.25, 0.3) is 5.56 Å². The van der Waals surface area contributed by atoms with Gasteiger partial charge in [0.05, 0.1) is 30.4 Å². The van der Waals surface area contributed by atoms with Crippen molar-refractivity contribution in [3.8, 4) is 34.7 Å². The van der Waals surface area contributed by atoms with Gasteiger partial charge in [-0.2, -0.15) is 10.2 Å². The molecule has 6 aromatic heterocycles. The van der Waals surface area contributed by atoms with Gasteiger partial charge >= 0.3 is 0 Å². The largest absolute Gasteiger partial charge is 0.443 e. The molecule has 6 heterocycles. The molecule has 0 aliphatic heterocycles. The lowest BCUT2D eigenvalue weighted by molar-refractivity contribution is 0.553. The van der Waals surface area contributed by atoms with E-state index < -0.39 is 0 Å². The minimum Gasteiger partial charge on any atom is -0.443 e. The Bertz CT molecular complexity index is 2530. The summed E-state index contributed by atoms with van der Waals surface area (Å²) < 4.78 is 41.7. The summed E-state index contributed by atoms with van der Waals surface area (Å²) in [6.07, 6.45) is 9.03. The lowest BCUT2D eigenvalue weighted by Gasteiger charge is -2.06. The quantitative estimate of drug-likeness (QED) is 0.110. The minimum absolute atomic E-state index is 0.155. The molecule has 14 nitrogen and oxygen atoms in total. The molecule has 8 aromatic rings. The first-order valence-electron chi connectivity index (χ1n) is 15.8. The number of hydrogen-bond donors (Lipinski definition) is 3. The van der Waals surface area contributed by atoms with Crippen LogP contribution in [0.25, 0.3) is 34.7 Å². The molecule has 0 bridgehead atoms. The van der Waals surface area contributed by atoms with Crippen LogP contribution in [0.2, 0.25) is 0 Å². The van der Waals surface area contributed by atoms with E-state index in [1.54, 1.807) is 65.5 Å². The second kappa shape index (κ2) is 15.5. The van der Waals surface area contributed by atoms with Crippen molar-refractivity contribution in [2.75, 3.05) is 0 Å². The Morgan fingerprint density at radius 3 is 1.92 bits per heavy atom. The van der Waals surface area contributed by atoms with E-state index in [1.165, 1.54) is 59.7 Å². The van der Waals surface area contributed by atoms with Gasteiger partial charge in [0.2, 0.25) is 11.8 Å². The van der Waals surface area contributed by atoms with Gasteiger partial charge in [-0.05, 0) is 24.3 Å². The molecule has 2 aromatic carbocycles. The summed E-state index contributed by atoms with van der Waals surface area (Å²) in [7, 11) is 0. The van der Waals surface area contributed by atoms with Crippen LogP contribution in [0.15, 0.2) is 140 Å². The molecule has 0 aliphatic rings. The van der Waals surface area contributed by atoms with E-state index in [9.17, 15) is 13.6 Å². The first-order chi connectivity index (χ1) is 25.8. The predicted octanol–water partition coefficient (Wildman–Crippen LogP) is 6.03. The normalized spacial score (nSPS) is 10.9. The molecule has 264 valence electrons. The van der Waals surface area contributed by atoms with Gasteiger partial charge in [0.15, 0.2) is 5.82 Å². The Balaban J connectivity index is 0.000000179. The van der Waals surface area contributed by atoms with Crippen LogP contribution in [0.5, 0.6) is 0 Å². The maximum atomic E-state index is 14.2. The molecular formula is C36H27F2N11O3S. The molecule has 0 unspecified atom stereocenters. The number of aromatic amines is 1. The highest BCUT2D eigenvalue weighted by atomic mass is 32.2. The van der Waals surface area contributed by atoms with Crippen molar-refractivity contribution in [3.05, 3.63) is 155 Å². The van der Waals surface area contributed by atoms with Crippen molar-refractivity contribution in [2.45, 2.75) is 23.0 Å². The van der Waals surface area contributed by atoms with Crippen LogP contribution >= 0.6 is 11.8 Å². The van der Waals surface area contributed by atoms with Gasteiger partial charge in [0, 0.05) is 35.7 Å². The zero-order valence-corrected chi connectivity index (χ0v) is 28.2. The molecule has 0 spiro atoms. The van der Waals surface area contributed by atoms with Crippen LogP contribution in [-0.2, 0) is 13.1 Å². The highest BCUT2D eigenvalue weighted by Gasteiger charge is 2.19. The third kappa shape index (κ3) is 7.99. The number of oxazole rings is 2. The summed E-state index contributed by atoms with van der Waals surface area (Å²) in [4.78, 5) is 32.6. The molecule has 0 amide bonds. The third-order valence-electron chi connectivity index (χ3n) is 7.56. The Morgan fingerprint density at radius 1 is 0.774 bits per heavy atom. The fraction of sp³-hybridized carbons (Fsp3) is 0.0556. The number of benzene rings is 2. The van der Waals surface area contributed by atoms with Crippen LogP contribution in [0.1, 0.15) is 16.8 Å². The molecule has 8 rings (SSSR count). The summed E-state index contributed by atoms with van der Waals surface area (Å²) >= 11 is 1.22. The molecule has 17 heteroatoms. The zero-order chi connectivity index (χ0) is 36.7. The lowest BCUT2D eigenvalue weighted by Crippen LogP contribution is -2.13. The van der Waals surface area contributed by atoms with Crippen molar-refractivity contribution in [3.63, 3.8) is 0 Å². The summed E-state index contributed by atoms with van der Waals surface area (Å²) in [5.41, 5.74) is 7.84. The number of amidine groups is 1. The number of nitrogens with one attached hydrogen (secondary N) is 2. The highest BCUT2D eigenvalue weighted by molar-refractivity contribution is 7.99. The monoisotopic (exact) mass is 731 g/mol. The standard InChI is InChI=1S/C22H15FN6O2S.C14H12FN5O/c23-15-6-2-1-5-14(15)13-29-17(22-25-9-10-31-22)11-16(28-29)20-26-12-18(21(30)27-20)32-19-7-3-4-8-24-19;15-10-4-2-1-3-9(10)8-20-12(14-18-5-6-21-14)7-11(19-20)13(16)17/h1-12H,13H2,(H,26,27,30);1-7H,8H2,(H3,16,17). The van der Waals surface area contributed by atoms with Crippen LogP contribution < -0.4 is 11.3 Å². The van der Waals surface area contributed by atoms with Crippen LogP contribution in [0, 0.1) is 17.0 Å². The summed E-state index contributed by atoms with van der Waals surface area (Å²) in [6.45, 7) is 0.347. The van der Waals surface area contributed by atoms with Gasteiger partial charge in [-0.3, -0.25) is 19.6 Å². The molecule has 4 N–H and O–H groups in total. The van der Waals surface area contributed by atoms with E-state index in [-0.39, 0.29) is 41.9 Å². The number of nitrogen functional groups attached to an aromatic ring is 1. The number of pyridine rings is 1. The van der Waals surface area contributed by atoms with Gasteiger partial charge < -0.3 is 19.6 Å².